The highest BCUT2D eigenvalue weighted by molar-refractivity contribution is 5.74. The largest absolute Gasteiger partial charge is 0.338 e. The monoisotopic (exact) mass is 227 g/mol. The number of amides is 2. The summed E-state index contributed by atoms with van der Waals surface area (Å²) in [5, 5.41) is 9.22. The fraction of sp³-hybridized carbons (Fsp3) is 0.917. The lowest BCUT2D eigenvalue weighted by Crippen LogP contribution is -2.50. The molecule has 1 saturated heterocycles. The van der Waals surface area contributed by atoms with Crippen LogP contribution in [-0.4, -0.2) is 31.2 Å². The maximum atomic E-state index is 11.6. The first-order valence-corrected chi connectivity index (χ1v) is 6.08. The van der Waals surface area contributed by atoms with E-state index in [0.717, 1.165) is 32.5 Å². The zero-order chi connectivity index (χ0) is 12.2. The van der Waals surface area contributed by atoms with Gasteiger partial charge in [0.15, 0.2) is 0 Å². The van der Waals surface area contributed by atoms with Crippen molar-refractivity contribution in [1.29, 1.82) is 0 Å². The number of carbonyl (C=O) groups is 1. The second kappa shape index (κ2) is 5.04. The Balaban J connectivity index is 2.30. The number of hydrogen-bond donors (Lipinski definition) is 3. The fourth-order valence-electron chi connectivity index (χ4n) is 1.89. The predicted octanol–water partition coefficient (Wildman–Crippen LogP) is 1.47. The fourth-order valence-corrected chi connectivity index (χ4v) is 1.89. The lowest BCUT2D eigenvalue weighted by molar-refractivity contribution is 0.202. The third-order valence-electron chi connectivity index (χ3n) is 2.97. The third-order valence-corrected chi connectivity index (χ3v) is 2.97. The summed E-state index contributed by atoms with van der Waals surface area (Å²) in [5.74, 6) is 0. The predicted molar refractivity (Wildman–Crippen MR) is 66.5 cm³/mol. The van der Waals surface area contributed by atoms with Gasteiger partial charge in [-0.2, -0.15) is 0 Å². The molecule has 1 aliphatic heterocycles. The van der Waals surface area contributed by atoms with Gasteiger partial charge in [0.25, 0.3) is 0 Å². The molecule has 3 N–H and O–H groups in total. The van der Waals surface area contributed by atoms with E-state index in [2.05, 4.69) is 22.9 Å². The minimum atomic E-state index is -0.168. The van der Waals surface area contributed by atoms with Gasteiger partial charge < -0.3 is 16.0 Å². The maximum absolute atomic E-state index is 11.6. The van der Waals surface area contributed by atoms with Gasteiger partial charge in [0, 0.05) is 12.1 Å². The second-order valence-corrected chi connectivity index (χ2v) is 6.12. The molecule has 1 aliphatic rings. The first kappa shape index (κ1) is 13.3. The zero-order valence-corrected chi connectivity index (χ0v) is 10.9. The van der Waals surface area contributed by atoms with Crippen molar-refractivity contribution in [2.75, 3.05) is 19.6 Å². The van der Waals surface area contributed by atoms with Crippen molar-refractivity contribution in [2.24, 2.45) is 5.41 Å². The lowest BCUT2D eigenvalue weighted by Gasteiger charge is -2.34. The summed E-state index contributed by atoms with van der Waals surface area (Å²) in [5.41, 5.74) is 0.0829. The van der Waals surface area contributed by atoms with Crippen LogP contribution in [0.5, 0.6) is 0 Å². The first-order valence-electron chi connectivity index (χ1n) is 6.08. The molecule has 0 aromatic carbocycles. The molecule has 1 heterocycles. The Morgan fingerprint density at radius 1 is 1.31 bits per heavy atom. The molecule has 0 aromatic heterocycles. The summed E-state index contributed by atoms with van der Waals surface area (Å²) in [6, 6.07) is -0.0627. The number of hydrogen-bond acceptors (Lipinski definition) is 2. The second-order valence-electron chi connectivity index (χ2n) is 6.12. The Labute approximate surface area is 98.6 Å². The van der Waals surface area contributed by atoms with Gasteiger partial charge in [-0.25, -0.2) is 4.79 Å². The first-order chi connectivity index (χ1) is 7.31. The summed E-state index contributed by atoms with van der Waals surface area (Å²) in [4.78, 5) is 11.6. The van der Waals surface area contributed by atoms with Crippen LogP contribution in [0.4, 0.5) is 4.79 Å². The molecular weight excluding hydrogens is 202 g/mol. The summed E-state index contributed by atoms with van der Waals surface area (Å²) in [6.07, 6.45) is 2.26. The van der Waals surface area contributed by atoms with Crippen LogP contribution in [0.1, 0.15) is 40.5 Å². The molecule has 94 valence electrons. The Kier molecular flexibility index (Phi) is 4.19. The third kappa shape index (κ3) is 4.84. The summed E-state index contributed by atoms with van der Waals surface area (Å²) in [7, 11) is 0. The Bertz CT molecular complexity index is 239. The van der Waals surface area contributed by atoms with E-state index in [1.165, 1.54) is 0 Å². The van der Waals surface area contributed by atoms with Gasteiger partial charge >= 0.3 is 6.03 Å². The highest BCUT2D eigenvalue weighted by Gasteiger charge is 2.27. The number of urea groups is 1. The van der Waals surface area contributed by atoms with Crippen LogP contribution in [0.25, 0.3) is 0 Å². The van der Waals surface area contributed by atoms with Crippen LogP contribution in [0, 0.1) is 5.41 Å². The van der Waals surface area contributed by atoms with Crippen LogP contribution in [0.15, 0.2) is 0 Å². The van der Waals surface area contributed by atoms with Crippen LogP contribution in [0.2, 0.25) is 0 Å². The highest BCUT2D eigenvalue weighted by Crippen LogP contribution is 2.26. The molecule has 0 spiro atoms. The molecule has 4 heteroatoms. The van der Waals surface area contributed by atoms with Crippen LogP contribution in [0.3, 0.4) is 0 Å². The number of rotatable bonds is 2. The van der Waals surface area contributed by atoms with Crippen LogP contribution < -0.4 is 16.0 Å². The molecule has 4 nitrogen and oxygen atoms in total. The van der Waals surface area contributed by atoms with Crippen molar-refractivity contribution in [3.63, 3.8) is 0 Å². The minimum absolute atomic E-state index is 0.0627. The molecule has 0 aromatic rings. The van der Waals surface area contributed by atoms with Crippen molar-refractivity contribution in [3.8, 4) is 0 Å². The minimum Gasteiger partial charge on any atom is -0.338 e. The number of carbonyl (C=O) groups excluding carboxylic acids is 1. The van der Waals surface area contributed by atoms with Gasteiger partial charge in [-0.05, 0) is 52.1 Å². The quantitative estimate of drug-likeness (QED) is 0.669. The van der Waals surface area contributed by atoms with E-state index in [0.29, 0.717) is 0 Å². The molecule has 0 atom stereocenters. The molecule has 0 unspecified atom stereocenters. The molecule has 0 radical (unpaired) electrons. The van der Waals surface area contributed by atoms with Gasteiger partial charge in [0.1, 0.15) is 0 Å². The number of nitrogens with one attached hydrogen (secondary N) is 3. The topological polar surface area (TPSA) is 53.2 Å². The van der Waals surface area contributed by atoms with Gasteiger partial charge in [-0.3, -0.25) is 0 Å². The molecule has 2 amide bonds. The van der Waals surface area contributed by atoms with E-state index in [9.17, 15) is 4.79 Å². The van der Waals surface area contributed by atoms with Crippen LogP contribution in [-0.2, 0) is 0 Å². The van der Waals surface area contributed by atoms with Gasteiger partial charge in [0.2, 0.25) is 0 Å². The van der Waals surface area contributed by atoms with Gasteiger partial charge in [-0.15, -0.1) is 0 Å². The zero-order valence-electron chi connectivity index (χ0n) is 10.9. The molecule has 1 fully saturated rings. The van der Waals surface area contributed by atoms with Gasteiger partial charge in [0.05, 0.1) is 0 Å². The van der Waals surface area contributed by atoms with E-state index in [1.54, 1.807) is 0 Å². The standard InChI is InChI=1S/C12H25N3O/c1-11(2,3)15-10(16)14-9-12(4)5-7-13-8-6-12/h13H,5-9H2,1-4H3,(H2,14,15,16). The molecule has 1 rings (SSSR count). The summed E-state index contributed by atoms with van der Waals surface area (Å²) < 4.78 is 0. The molecule has 0 saturated carbocycles. The summed E-state index contributed by atoms with van der Waals surface area (Å²) in [6.45, 7) is 11.1. The SMILES string of the molecule is CC1(CNC(=O)NC(C)(C)C)CCNCC1. The van der Waals surface area contributed by atoms with Crippen molar-refractivity contribution in [2.45, 2.75) is 46.1 Å². The highest BCUT2D eigenvalue weighted by atomic mass is 16.2. The van der Waals surface area contributed by atoms with Crippen molar-refractivity contribution >= 4 is 6.03 Å². The molecule has 0 aliphatic carbocycles. The van der Waals surface area contributed by atoms with E-state index in [-0.39, 0.29) is 17.0 Å². The van der Waals surface area contributed by atoms with Gasteiger partial charge in [-0.1, -0.05) is 6.92 Å². The average Bonchev–Trinajstić information content (AvgIpc) is 2.14. The smallest absolute Gasteiger partial charge is 0.315 e. The van der Waals surface area contributed by atoms with E-state index < -0.39 is 0 Å². The average molecular weight is 227 g/mol. The van der Waals surface area contributed by atoms with Crippen LogP contribution >= 0.6 is 0 Å². The van der Waals surface area contributed by atoms with Crippen molar-refractivity contribution in [1.82, 2.24) is 16.0 Å². The van der Waals surface area contributed by atoms with E-state index in [4.69, 9.17) is 0 Å². The Morgan fingerprint density at radius 2 is 1.88 bits per heavy atom. The molecule has 16 heavy (non-hydrogen) atoms. The Morgan fingerprint density at radius 3 is 2.38 bits per heavy atom. The normalized spacial score (nSPS) is 20.2. The molecule has 0 bridgehead atoms. The maximum Gasteiger partial charge on any atom is 0.315 e. The van der Waals surface area contributed by atoms with E-state index in [1.807, 2.05) is 20.8 Å². The number of piperidine rings is 1. The van der Waals surface area contributed by atoms with Crippen molar-refractivity contribution in [3.05, 3.63) is 0 Å². The van der Waals surface area contributed by atoms with E-state index >= 15 is 0 Å². The van der Waals surface area contributed by atoms with Crippen molar-refractivity contribution < 1.29 is 4.79 Å². The lowest BCUT2D eigenvalue weighted by atomic mass is 9.81. The summed E-state index contributed by atoms with van der Waals surface area (Å²) >= 11 is 0. The Hall–Kier alpha value is -0.770. The molecular formula is C12H25N3O.